The van der Waals surface area contributed by atoms with Crippen LogP contribution in [-0.4, -0.2) is 14.5 Å². The van der Waals surface area contributed by atoms with Gasteiger partial charge in [-0.05, 0) is 12.5 Å². The molecule has 0 rings (SSSR count). The Morgan fingerprint density at radius 1 is 1.70 bits per heavy atom. The van der Waals surface area contributed by atoms with Crippen LogP contribution in [0.5, 0.6) is 0 Å². The molecule has 0 aliphatic carbocycles. The van der Waals surface area contributed by atoms with Gasteiger partial charge in [0.25, 0.3) is 6.08 Å². The van der Waals surface area contributed by atoms with Gasteiger partial charge in [0.05, 0.1) is 5.75 Å². The maximum absolute atomic E-state index is 11.2. The Hall–Kier alpha value is 0.710. The molecular formula is C4H7F2NaO2S. The molecule has 1 atom stereocenters. The predicted molar refractivity (Wildman–Crippen MR) is 31.7 cm³/mol. The second kappa shape index (κ2) is 7.81. The van der Waals surface area contributed by atoms with Crippen LogP contribution in [0.3, 0.4) is 0 Å². The van der Waals surface area contributed by atoms with Gasteiger partial charge in [-0.25, -0.2) is 4.21 Å². The van der Waals surface area contributed by atoms with E-state index >= 15 is 0 Å². The fourth-order valence-electron chi connectivity index (χ4n) is 0.269. The number of hydrogen-bond acceptors (Lipinski definition) is 1. The molecule has 1 unspecified atom stereocenters. The zero-order chi connectivity index (χ0) is 7.28. The summed E-state index contributed by atoms with van der Waals surface area (Å²) < 4.78 is 40.2. The molecule has 10 heavy (non-hydrogen) atoms. The topological polar surface area (TPSA) is 37.3 Å². The molecule has 56 valence electrons. The van der Waals surface area contributed by atoms with Gasteiger partial charge >= 0.3 is 29.6 Å². The van der Waals surface area contributed by atoms with E-state index in [1.165, 1.54) is 0 Å². The fourth-order valence-corrected chi connectivity index (χ4v) is 0.588. The molecule has 0 aliphatic rings. The average molecular weight is 180 g/mol. The first-order valence-electron chi connectivity index (χ1n) is 2.21. The molecule has 2 nitrogen and oxygen atoms in total. The van der Waals surface area contributed by atoms with Gasteiger partial charge in [0.1, 0.15) is 0 Å². The van der Waals surface area contributed by atoms with Crippen LogP contribution in [0.15, 0.2) is 12.2 Å². The minimum atomic E-state index is -1.96. The zero-order valence-electron chi connectivity index (χ0n) is 6.51. The molecule has 0 aromatic rings. The summed E-state index contributed by atoms with van der Waals surface area (Å²) in [7, 11) is 0. The first-order chi connectivity index (χ1) is 4.13. The van der Waals surface area contributed by atoms with Crippen molar-refractivity contribution in [1.29, 1.82) is 0 Å². The Kier molecular flexibility index (Phi) is 10.4. The molecule has 0 aromatic carbocycles. The summed E-state index contributed by atoms with van der Waals surface area (Å²) in [4.78, 5) is 0. The van der Waals surface area contributed by atoms with E-state index in [0.29, 0.717) is 6.08 Å². The third kappa shape index (κ3) is 11.5. The molecule has 0 saturated heterocycles. The van der Waals surface area contributed by atoms with Gasteiger partial charge in [-0.1, -0.05) is 0 Å². The molecule has 0 aliphatic heterocycles. The first kappa shape index (κ1) is 13.3. The van der Waals surface area contributed by atoms with Crippen LogP contribution < -0.4 is 29.6 Å². The van der Waals surface area contributed by atoms with Gasteiger partial charge in [0.15, 0.2) is 11.1 Å². The molecule has 0 heterocycles. The Morgan fingerprint density at radius 2 is 2.20 bits per heavy atom. The summed E-state index contributed by atoms with van der Waals surface area (Å²) in [6.07, 6.45) is -1.24. The normalized spacial score (nSPS) is 11.5. The summed E-state index contributed by atoms with van der Waals surface area (Å²) in [6.45, 7) is 0. The predicted octanol–water partition coefficient (Wildman–Crippen LogP) is -1.50. The van der Waals surface area contributed by atoms with Gasteiger partial charge < -0.3 is 5.98 Å². The second-order valence-corrected chi connectivity index (χ2v) is 2.36. The van der Waals surface area contributed by atoms with Crippen molar-refractivity contribution < 1.29 is 48.5 Å². The van der Waals surface area contributed by atoms with Crippen molar-refractivity contribution in [3.8, 4) is 0 Å². The van der Waals surface area contributed by atoms with Crippen LogP contribution in [0.4, 0.5) is 8.78 Å². The average Bonchev–Trinajstić information content (AvgIpc) is 1.63. The minimum Gasteiger partial charge on any atom is -1.00 e. The van der Waals surface area contributed by atoms with Crippen LogP contribution in [0.25, 0.3) is 0 Å². The Bertz CT molecular complexity index is 140. The van der Waals surface area contributed by atoms with Gasteiger partial charge in [0.2, 0.25) is 0 Å². The van der Waals surface area contributed by atoms with E-state index in [1.807, 2.05) is 0 Å². The summed E-state index contributed by atoms with van der Waals surface area (Å²) in [5.74, 6) is -0.128. The number of rotatable bonds is 3. The van der Waals surface area contributed by atoms with Crippen LogP contribution >= 0.6 is 0 Å². The Morgan fingerprint density at radius 3 is 2.50 bits per heavy atom. The van der Waals surface area contributed by atoms with Crippen molar-refractivity contribution in [2.45, 2.75) is 6.42 Å². The van der Waals surface area contributed by atoms with Gasteiger partial charge in [0, 0.05) is 0 Å². The van der Waals surface area contributed by atoms with Gasteiger partial charge in [-0.2, -0.15) is 8.78 Å². The second-order valence-electron chi connectivity index (χ2n) is 1.31. The molecule has 0 spiro atoms. The maximum Gasteiger partial charge on any atom is 1.00 e. The van der Waals surface area contributed by atoms with Gasteiger partial charge in [-0.15, -0.1) is 0 Å². The first-order valence-corrected chi connectivity index (χ1v) is 3.49. The Labute approximate surface area is 83.8 Å². The smallest absolute Gasteiger partial charge is 1.00 e. The largest absolute Gasteiger partial charge is 1.00 e. The van der Waals surface area contributed by atoms with E-state index in [2.05, 4.69) is 0 Å². The van der Waals surface area contributed by atoms with Crippen molar-refractivity contribution in [2.24, 2.45) is 0 Å². The fraction of sp³-hybridized carbons (Fsp3) is 0.500. The monoisotopic (exact) mass is 180 g/mol. The quantitative estimate of drug-likeness (QED) is 0.424. The summed E-state index contributed by atoms with van der Waals surface area (Å²) >= 11 is -1.96. The summed E-state index contributed by atoms with van der Waals surface area (Å²) in [5, 5.41) is 0. The number of halogens is 2. The molecule has 0 radical (unpaired) electrons. The van der Waals surface area contributed by atoms with Crippen LogP contribution in [0.2, 0.25) is 0 Å². The van der Waals surface area contributed by atoms with E-state index in [9.17, 15) is 13.0 Å². The molecule has 0 aromatic heterocycles. The number of allylic oxidation sites excluding steroid dienone is 1. The molecule has 0 fully saturated rings. The van der Waals surface area contributed by atoms with Crippen molar-refractivity contribution in [3.05, 3.63) is 12.2 Å². The van der Waals surface area contributed by atoms with Crippen molar-refractivity contribution >= 4 is 11.1 Å². The molecule has 0 amide bonds. The Balaban J connectivity index is -0.000000320. The molecular weight excluding hydrogens is 173 g/mol. The van der Waals surface area contributed by atoms with Crippen LogP contribution in [-0.2, 0) is 11.1 Å². The van der Waals surface area contributed by atoms with E-state index < -0.39 is 17.2 Å². The van der Waals surface area contributed by atoms with E-state index in [0.717, 1.165) is 0 Å². The van der Waals surface area contributed by atoms with Crippen molar-refractivity contribution in [3.63, 3.8) is 0 Å². The molecule has 0 saturated carbocycles. The molecule has 0 bridgehead atoms. The number of hydrogen-bond donors (Lipinski definition) is 1. The zero-order valence-corrected chi connectivity index (χ0v) is 8.33. The SMILES string of the molecule is O=S(O)CCC=C(F)F.[H-].[Na+]. The van der Waals surface area contributed by atoms with Crippen LogP contribution in [0, 0.1) is 0 Å². The molecule has 1 N–H and O–H groups in total. The van der Waals surface area contributed by atoms with Crippen LogP contribution in [0.1, 0.15) is 7.85 Å². The summed E-state index contributed by atoms with van der Waals surface area (Å²) in [5.41, 5.74) is 0. The summed E-state index contributed by atoms with van der Waals surface area (Å²) in [6, 6.07) is 0. The van der Waals surface area contributed by atoms with E-state index in [1.54, 1.807) is 0 Å². The third-order valence-electron chi connectivity index (χ3n) is 0.591. The van der Waals surface area contributed by atoms with E-state index in [-0.39, 0.29) is 43.2 Å². The van der Waals surface area contributed by atoms with Crippen molar-refractivity contribution in [1.82, 2.24) is 0 Å². The van der Waals surface area contributed by atoms with Gasteiger partial charge in [-0.3, -0.25) is 0 Å². The van der Waals surface area contributed by atoms with E-state index in [4.69, 9.17) is 4.55 Å². The minimum absolute atomic E-state index is 0. The third-order valence-corrected chi connectivity index (χ3v) is 1.18. The maximum atomic E-state index is 11.2. The van der Waals surface area contributed by atoms with Crippen molar-refractivity contribution in [2.75, 3.05) is 5.75 Å². The standard InChI is InChI=1S/C4H6F2O2S.Na.H/c5-4(6)2-1-3-9(7)8;;/h2H,1,3H2,(H,7,8);;/q;+1;-1. The molecule has 6 heteroatoms.